The van der Waals surface area contributed by atoms with Crippen LogP contribution in [0.25, 0.3) is 0 Å². The highest BCUT2D eigenvalue weighted by Gasteiger charge is 2.68. The van der Waals surface area contributed by atoms with Crippen LogP contribution in [0.2, 0.25) is 0 Å². The molecule has 2 aliphatic carbocycles. The van der Waals surface area contributed by atoms with Gasteiger partial charge in [-0.2, -0.15) is 13.2 Å². The number of nitrogens with one attached hydrogen (secondary N) is 1. The van der Waals surface area contributed by atoms with Crippen LogP contribution < -0.4 is 5.32 Å². The van der Waals surface area contributed by atoms with Gasteiger partial charge < -0.3 is 4.74 Å². The van der Waals surface area contributed by atoms with Gasteiger partial charge in [0, 0.05) is 24.0 Å². The Kier molecular flexibility index (Phi) is 2.57. The van der Waals surface area contributed by atoms with E-state index in [2.05, 4.69) is 5.32 Å². The molecule has 3 fully saturated rings. The van der Waals surface area contributed by atoms with E-state index in [4.69, 9.17) is 4.74 Å². The first-order chi connectivity index (χ1) is 8.28. The summed E-state index contributed by atoms with van der Waals surface area (Å²) in [5, 5.41) is 2.93. The van der Waals surface area contributed by atoms with E-state index in [1.807, 2.05) is 13.8 Å². The van der Waals surface area contributed by atoms with Crippen LogP contribution in [0.1, 0.15) is 39.5 Å². The molecular weight excluding hydrogens is 243 g/mol. The van der Waals surface area contributed by atoms with Crippen molar-refractivity contribution in [3.63, 3.8) is 0 Å². The molecule has 0 aromatic carbocycles. The van der Waals surface area contributed by atoms with Gasteiger partial charge in [-0.15, -0.1) is 0 Å². The van der Waals surface area contributed by atoms with Crippen molar-refractivity contribution < 1.29 is 17.9 Å². The van der Waals surface area contributed by atoms with Crippen molar-refractivity contribution in [1.82, 2.24) is 5.32 Å². The number of rotatable bonds is 2. The maximum absolute atomic E-state index is 13.0. The molecule has 0 spiro atoms. The Morgan fingerprint density at radius 2 is 1.89 bits per heavy atom. The molecule has 3 unspecified atom stereocenters. The molecular formula is C13H20F3NO. The first-order valence-corrected chi connectivity index (χ1v) is 6.74. The molecule has 2 saturated carbocycles. The number of hydrogen-bond donors (Lipinski definition) is 1. The molecule has 0 amide bonds. The Morgan fingerprint density at radius 3 is 2.44 bits per heavy atom. The van der Waals surface area contributed by atoms with Gasteiger partial charge in [0.1, 0.15) is 5.54 Å². The lowest BCUT2D eigenvalue weighted by Crippen LogP contribution is -2.72. The van der Waals surface area contributed by atoms with E-state index in [-0.39, 0.29) is 36.3 Å². The fourth-order valence-corrected chi connectivity index (χ4v) is 3.75. The Morgan fingerprint density at radius 1 is 1.22 bits per heavy atom. The molecule has 5 heteroatoms. The first kappa shape index (κ1) is 12.7. The van der Waals surface area contributed by atoms with Crippen LogP contribution in [-0.2, 0) is 4.74 Å². The molecule has 0 radical (unpaired) electrons. The van der Waals surface area contributed by atoms with E-state index in [9.17, 15) is 13.2 Å². The Hall–Kier alpha value is -0.290. The third-order valence-electron chi connectivity index (χ3n) is 5.06. The van der Waals surface area contributed by atoms with Gasteiger partial charge in [-0.25, -0.2) is 0 Å². The summed E-state index contributed by atoms with van der Waals surface area (Å²) in [6.07, 6.45) is -1.59. The summed E-state index contributed by atoms with van der Waals surface area (Å²) in [7, 11) is 0. The molecule has 1 aliphatic heterocycles. The number of ether oxygens (including phenoxy) is 1. The fraction of sp³-hybridized carbons (Fsp3) is 1.00. The highest BCUT2D eigenvalue weighted by molar-refractivity contribution is 5.17. The topological polar surface area (TPSA) is 21.3 Å². The van der Waals surface area contributed by atoms with Crippen molar-refractivity contribution >= 4 is 0 Å². The standard InChI is InChI=1S/C13H20F3NO/c1-11(2)9(8-4-3-7-18-10(8)11)17-12(5-6-12)13(14,15)16/h8-10,17H,3-7H2,1-2H3. The molecule has 3 aliphatic rings. The van der Waals surface area contributed by atoms with Crippen molar-refractivity contribution in [3.05, 3.63) is 0 Å². The van der Waals surface area contributed by atoms with Gasteiger partial charge in [-0.3, -0.25) is 5.32 Å². The van der Waals surface area contributed by atoms with Gasteiger partial charge in [0.2, 0.25) is 0 Å². The maximum Gasteiger partial charge on any atom is 0.406 e. The molecule has 0 aromatic heterocycles. The Bertz CT molecular complexity index is 349. The molecule has 2 nitrogen and oxygen atoms in total. The van der Waals surface area contributed by atoms with Gasteiger partial charge >= 0.3 is 6.18 Å². The molecule has 1 N–H and O–H groups in total. The van der Waals surface area contributed by atoms with E-state index in [0.717, 1.165) is 19.4 Å². The summed E-state index contributed by atoms with van der Waals surface area (Å²) in [5.41, 5.74) is -1.79. The summed E-state index contributed by atoms with van der Waals surface area (Å²) in [6.45, 7) is 4.79. The van der Waals surface area contributed by atoms with Crippen LogP contribution in [0, 0.1) is 11.3 Å². The smallest absolute Gasteiger partial charge is 0.377 e. The largest absolute Gasteiger partial charge is 0.406 e. The summed E-state index contributed by atoms with van der Waals surface area (Å²) < 4.78 is 44.7. The van der Waals surface area contributed by atoms with Gasteiger partial charge in [-0.1, -0.05) is 13.8 Å². The summed E-state index contributed by atoms with van der Waals surface area (Å²) in [5.74, 6) is 0.258. The van der Waals surface area contributed by atoms with Gasteiger partial charge in [0.25, 0.3) is 0 Å². The monoisotopic (exact) mass is 263 g/mol. The van der Waals surface area contributed by atoms with E-state index in [1.54, 1.807) is 0 Å². The number of fused-ring (bicyclic) bond motifs is 1. The third-order valence-corrected chi connectivity index (χ3v) is 5.06. The summed E-state index contributed by atoms with van der Waals surface area (Å²) in [4.78, 5) is 0. The fourth-order valence-electron chi connectivity index (χ4n) is 3.75. The molecule has 104 valence electrons. The van der Waals surface area contributed by atoms with Crippen LogP contribution in [0.3, 0.4) is 0 Å². The predicted molar refractivity (Wildman–Crippen MR) is 61.2 cm³/mol. The molecule has 3 atom stereocenters. The van der Waals surface area contributed by atoms with Crippen LogP contribution in [0.15, 0.2) is 0 Å². The molecule has 0 aromatic rings. The van der Waals surface area contributed by atoms with Crippen molar-refractivity contribution in [3.8, 4) is 0 Å². The van der Waals surface area contributed by atoms with E-state index in [1.165, 1.54) is 0 Å². The first-order valence-electron chi connectivity index (χ1n) is 6.74. The van der Waals surface area contributed by atoms with Crippen LogP contribution in [0.5, 0.6) is 0 Å². The number of halogens is 3. The Labute approximate surface area is 105 Å². The number of alkyl halides is 3. The SMILES string of the molecule is CC1(C)C(NC2(C(F)(F)F)CC2)C2CCCOC21. The minimum atomic E-state index is -4.12. The second-order valence-electron chi connectivity index (χ2n) is 6.62. The van der Waals surface area contributed by atoms with Crippen LogP contribution in [0.4, 0.5) is 13.2 Å². The lowest BCUT2D eigenvalue weighted by molar-refractivity contribution is -0.217. The third kappa shape index (κ3) is 1.63. The zero-order valence-electron chi connectivity index (χ0n) is 10.8. The highest BCUT2D eigenvalue weighted by atomic mass is 19.4. The van der Waals surface area contributed by atoms with Gasteiger partial charge in [0.05, 0.1) is 6.10 Å². The van der Waals surface area contributed by atoms with Crippen LogP contribution in [-0.4, -0.2) is 30.5 Å². The second-order valence-corrected chi connectivity index (χ2v) is 6.62. The van der Waals surface area contributed by atoms with E-state index < -0.39 is 11.7 Å². The number of hydrogen-bond acceptors (Lipinski definition) is 2. The molecule has 18 heavy (non-hydrogen) atoms. The zero-order valence-corrected chi connectivity index (χ0v) is 10.8. The van der Waals surface area contributed by atoms with Crippen molar-refractivity contribution in [2.24, 2.45) is 11.3 Å². The summed E-state index contributed by atoms with van der Waals surface area (Å²) in [6, 6.07) is -0.0630. The van der Waals surface area contributed by atoms with Crippen molar-refractivity contribution in [1.29, 1.82) is 0 Å². The Balaban J connectivity index is 1.73. The van der Waals surface area contributed by atoms with Gasteiger partial charge in [-0.05, 0) is 25.7 Å². The quantitative estimate of drug-likeness (QED) is 0.827. The van der Waals surface area contributed by atoms with Gasteiger partial charge in [0.15, 0.2) is 0 Å². The minimum Gasteiger partial charge on any atom is -0.377 e. The van der Waals surface area contributed by atoms with Crippen LogP contribution >= 0.6 is 0 Å². The van der Waals surface area contributed by atoms with Crippen molar-refractivity contribution in [2.45, 2.75) is 63.4 Å². The molecule has 3 rings (SSSR count). The lowest BCUT2D eigenvalue weighted by atomic mass is 9.55. The molecule has 1 heterocycles. The predicted octanol–water partition coefficient (Wildman–Crippen LogP) is 2.87. The molecule has 1 saturated heterocycles. The average Bonchev–Trinajstić information content (AvgIpc) is 3.06. The minimum absolute atomic E-state index is 0.0630. The zero-order chi connectivity index (χ0) is 13.2. The maximum atomic E-state index is 13.0. The lowest BCUT2D eigenvalue weighted by Gasteiger charge is -2.61. The highest BCUT2D eigenvalue weighted by Crippen LogP contribution is 2.56. The normalized spacial score (nSPS) is 40.8. The van der Waals surface area contributed by atoms with E-state index >= 15 is 0 Å². The van der Waals surface area contributed by atoms with Crippen molar-refractivity contribution in [2.75, 3.05) is 6.61 Å². The second kappa shape index (κ2) is 3.63. The molecule has 0 bridgehead atoms. The average molecular weight is 263 g/mol. The summed E-state index contributed by atoms with van der Waals surface area (Å²) >= 11 is 0. The van der Waals surface area contributed by atoms with E-state index in [0.29, 0.717) is 0 Å².